The molecule has 1 saturated carbocycles. The Morgan fingerprint density at radius 1 is 1.21 bits per heavy atom. The average Bonchev–Trinajstić information content (AvgIpc) is 3.22. The molecule has 9 nitrogen and oxygen atoms in total. The van der Waals surface area contributed by atoms with E-state index < -0.39 is 5.82 Å². The summed E-state index contributed by atoms with van der Waals surface area (Å²) in [5, 5.41) is 8.21. The third-order valence-electron chi connectivity index (χ3n) is 7.29. The van der Waals surface area contributed by atoms with E-state index in [4.69, 9.17) is 17.0 Å². The molecule has 1 aromatic heterocycles. The van der Waals surface area contributed by atoms with Crippen LogP contribution in [0.2, 0.25) is 0 Å². The first-order valence-corrected chi connectivity index (χ1v) is 13.1. The summed E-state index contributed by atoms with van der Waals surface area (Å²) in [5.74, 6) is -0.164. The minimum Gasteiger partial charge on any atom is -0.453 e. The fraction of sp³-hybridized carbons (Fsp3) is 0.370. The van der Waals surface area contributed by atoms with Crippen molar-refractivity contribution < 1.29 is 23.1 Å². The van der Waals surface area contributed by atoms with Crippen LogP contribution in [0.15, 0.2) is 54.5 Å². The van der Waals surface area contributed by atoms with Gasteiger partial charge in [0.05, 0.1) is 0 Å². The van der Waals surface area contributed by atoms with Crippen molar-refractivity contribution in [1.82, 2.24) is 20.1 Å². The predicted octanol–water partition coefficient (Wildman–Crippen LogP) is 4.60. The van der Waals surface area contributed by atoms with Crippen LogP contribution in [0.5, 0.6) is 11.5 Å². The highest BCUT2D eigenvalue weighted by Gasteiger charge is 2.49. The van der Waals surface area contributed by atoms with Gasteiger partial charge in [-0.25, -0.2) is 13.6 Å². The van der Waals surface area contributed by atoms with Crippen LogP contribution in [0.3, 0.4) is 0 Å². The van der Waals surface area contributed by atoms with Gasteiger partial charge >= 0.3 is 6.03 Å². The van der Waals surface area contributed by atoms with Crippen molar-refractivity contribution in [2.75, 3.05) is 37.8 Å². The Bertz CT molecular complexity index is 1340. The van der Waals surface area contributed by atoms with Crippen molar-refractivity contribution in [2.45, 2.75) is 18.9 Å². The molecule has 1 saturated heterocycles. The van der Waals surface area contributed by atoms with Gasteiger partial charge in [0.25, 0.3) is 0 Å². The third-order valence-corrected chi connectivity index (χ3v) is 7.50. The number of allylic oxidation sites excluding steroid dienone is 4. The molecule has 5 rings (SSSR count). The van der Waals surface area contributed by atoms with Crippen LogP contribution in [0, 0.1) is 23.6 Å². The number of carbonyl (C=O) groups excluding carboxylic acids is 2. The summed E-state index contributed by atoms with van der Waals surface area (Å²) in [5.41, 5.74) is 0.335. The third kappa shape index (κ3) is 6.45. The topological polar surface area (TPSA) is 102 Å². The highest BCUT2D eigenvalue weighted by molar-refractivity contribution is 7.80. The minimum atomic E-state index is -0.643. The molecule has 1 aliphatic heterocycles. The summed E-state index contributed by atoms with van der Waals surface area (Å²) in [6.45, 7) is 1.33. The van der Waals surface area contributed by atoms with Crippen molar-refractivity contribution in [3.05, 3.63) is 60.3 Å². The van der Waals surface area contributed by atoms with E-state index in [1.165, 1.54) is 24.4 Å². The molecule has 3 aliphatic rings. The average molecular weight is 557 g/mol. The lowest BCUT2D eigenvalue weighted by Gasteiger charge is -2.20. The van der Waals surface area contributed by atoms with Crippen LogP contribution < -0.4 is 20.7 Å². The quantitative estimate of drug-likeness (QED) is 0.372. The van der Waals surface area contributed by atoms with Crippen molar-refractivity contribution in [3.63, 3.8) is 0 Å². The number of nitrogens with one attached hydrogen (secondary N) is 4. The number of urea groups is 1. The minimum absolute atomic E-state index is 0.0228. The monoisotopic (exact) mass is 556 g/mol. The van der Waals surface area contributed by atoms with Gasteiger partial charge in [0.2, 0.25) is 5.91 Å². The van der Waals surface area contributed by atoms with Gasteiger partial charge in [0.1, 0.15) is 17.4 Å². The number of hydrogen-bond donors (Lipinski definition) is 4. The zero-order valence-corrected chi connectivity index (χ0v) is 22.4. The first-order valence-electron chi connectivity index (χ1n) is 12.7. The van der Waals surface area contributed by atoms with Crippen LogP contribution >= 0.6 is 12.2 Å². The highest BCUT2D eigenvalue weighted by Crippen LogP contribution is 2.53. The smallest absolute Gasteiger partial charge is 0.323 e. The number of amides is 3. The molecule has 4 unspecified atom stereocenters. The van der Waals surface area contributed by atoms with E-state index in [1.807, 2.05) is 14.1 Å². The second kappa shape index (κ2) is 11.1. The molecule has 2 aliphatic carbocycles. The maximum Gasteiger partial charge on any atom is 0.323 e. The molecule has 0 bridgehead atoms. The van der Waals surface area contributed by atoms with Crippen molar-refractivity contribution in [3.8, 4) is 11.5 Å². The summed E-state index contributed by atoms with van der Waals surface area (Å²) in [7, 11) is 3.99. The number of halogens is 2. The summed E-state index contributed by atoms with van der Waals surface area (Å²) in [4.78, 5) is 31.6. The van der Waals surface area contributed by atoms with Gasteiger partial charge in [-0.1, -0.05) is 6.08 Å². The molecule has 4 atom stereocenters. The van der Waals surface area contributed by atoms with Gasteiger partial charge in [-0.3, -0.25) is 10.1 Å². The molecule has 2 fully saturated rings. The number of nitrogens with zero attached hydrogens (tertiary/aromatic N) is 2. The number of H-pyrrole nitrogens is 1. The highest BCUT2D eigenvalue weighted by atomic mass is 32.1. The van der Waals surface area contributed by atoms with Crippen LogP contribution in [-0.2, 0) is 4.79 Å². The van der Waals surface area contributed by atoms with E-state index in [-0.39, 0.29) is 52.8 Å². The summed E-state index contributed by atoms with van der Waals surface area (Å²) >= 11 is 5.18. The lowest BCUT2D eigenvalue weighted by atomic mass is 10.2. The molecule has 0 radical (unpaired) electrons. The number of carbonyl (C=O) groups is 2. The second-order valence-electron chi connectivity index (χ2n) is 10.2. The van der Waals surface area contributed by atoms with Crippen molar-refractivity contribution in [2.24, 2.45) is 17.8 Å². The van der Waals surface area contributed by atoms with E-state index in [9.17, 15) is 18.4 Å². The Morgan fingerprint density at radius 2 is 2.03 bits per heavy atom. The number of fused-ring (bicyclic) bond motifs is 1. The van der Waals surface area contributed by atoms with Gasteiger partial charge < -0.3 is 30.2 Å². The van der Waals surface area contributed by atoms with Crippen LogP contribution in [0.25, 0.3) is 0 Å². The maximum absolute atomic E-state index is 14.7. The SMILES string of the molecule is CN(C)C1CCN(C(=O)Nc2cc(Oc3ccc(NC(=S)NC(=O)CC4C5C=CC(F)=CC54)cc3F)c[nH]2)C1. The standard InChI is InChI=1S/C27H30F2N6O3S/c1-34(2)17-7-8-35(14-17)27(37)32-24-11-18(13-30-24)38-23-6-4-16(10-22(23)29)31-26(39)33-25(36)12-21-19-5-3-15(28)9-20(19)21/h3-6,9-11,13,17,19-21,30H,7-8,12,14H2,1-2H3,(H,32,37)(H2,31,33,36,39). The molecule has 12 heteroatoms. The van der Waals surface area contributed by atoms with Gasteiger partial charge in [-0.05, 0) is 74.8 Å². The molecule has 0 spiro atoms. The molecule has 4 N–H and O–H groups in total. The Kier molecular flexibility index (Phi) is 7.67. The Balaban J connectivity index is 1.09. The number of ether oxygens (including phenoxy) is 1. The lowest BCUT2D eigenvalue weighted by molar-refractivity contribution is -0.120. The molecule has 2 heterocycles. The molecular weight excluding hydrogens is 526 g/mol. The first kappa shape index (κ1) is 26.8. The number of thiocarbonyl (C=S) groups is 1. The molecule has 1 aromatic carbocycles. The number of aromatic amines is 1. The van der Waals surface area contributed by atoms with E-state index in [0.717, 1.165) is 6.42 Å². The number of anilines is 2. The lowest BCUT2D eigenvalue weighted by Crippen LogP contribution is -2.36. The molecule has 3 amide bonds. The molecule has 2 aromatic rings. The zero-order valence-electron chi connectivity index (χ0n) is 21.5. The molecule has 39 heavy (non-hydrogen) atoms. The number of hydrogen-bond acceptors (Lipinski definition) is 5. The van der Waals surface area contributed by atoms with Gasteiger partial charge in [0, 0.05) is 49.6 Å². The Morgan fingerprint density at radius 3 is 2.74 bits per heavy atom. The van der Waals surface area contributed by atoms with Crippen molar-refractivity contribution in [1.29, 1.82) is 0 Å². The van der Waals surface area contributed by atoms with Crippen LogP contribution in [0.1, 0.15) is 12.8 Å². The zero-order chi connectivity index (χ0) is 27.7. The van der Waals surface area contributed by atoms with E-state index in [0.29, 0.717) is 36.4 Å². The Labute approximate surface area is 230 Å². The van der Waals surface area contributed by atoms with E-state index >= 15 is 0 Å². The van der Waals surface area contributed by atoms with Gasteiger partial charge in [-0.15, -0.1) is 0 Å². The summed E-state index contributed by atoms with van der Waals surface area (Å²) in [6, 6.07) is 5.89. The second-order valence-corrected chi connectivity index (χ2v) is 10.6. The summed E-state index contributed by atoms with van der Waals surface area (Å²) < 4.78 is 33.7. The van der Waals surface area contributed by atoms with E-state index in [2.05, 4.69) is 25.8 Å². The summed E-state index contributed by atoms with van der Waals surface area (Å²) in [6.07, 6.45) is 7.43. The normalized spacial score (nSPS) is 23.2. The fourth-order valence-corrected chi connectivity index (χ4v) is 5.27. The molecule has 206 valence electrons. The largest absolute Gasteiger partial charge is 0.453 e. The van der Waals surface area contributed by atoms with Crippen molar-refractivity contribution >= 4 is 40.8 Å². The number of rotatable bonds is 7. The van der Waals surface area contributed by atoms with Gasteiger partial charge in [-0.2, -0.15) is 0 Å². The van der Waals surface area contributed by atoms with E-state index in [1.54, 1.807) is 29.2 Å². The number of likely N-dealkylation sites (N-methyl/N-ethyl adjacent to an activating group) is 1. The molecular formula is C27H30F2N6O3S. The fourth-order valence-electron chi connectivity index (χ4n) is 5.04. The maximum atomic E-state index is 14.7. The first-order chi connectivity index (χ1) is 18.7. The van der Waals surface area contributed by atoms with Crippen LogP contribution in [0.4, 0.5) is 25.1 Å². The predicted molar refractivity (Wildman–Crippen MR) is 148 cm³/mol. The van der Waals surface area contributed by atoms with Crippen LogP contribution in [-0.4, -0.2) is 65.1 Å². The Hall–Kier alpha value is -3.77. The number of aromatic nitrogens is 1. The van der Waals surface area contributed by atoms with Gasteiger partial charge in [0.15, 0.2) is 16.7 Å². The number of likely N-dealkylation sites (tertiary alicyclic amines) is 1. The number of benzene rings is 1.